The van der Waals surface area contributed by atoms with Gasteiger partial charge in [0.05, 0.1) is 0 Å². The molecule has 1 atom stereocenters. The molecule has 1 aliphatic heterocycles. The Balaban J connectivity index is 0.00000144. The summed E-state index contributed by atoms with van der Waals surface area (Å²) in [5.41, 5.74) is 1.28. The van der Waals surface area contributed by atoms with Gasteiger partial charge in [-0.25, -0.2) is 0 Å². The number of nitrogens with zero attached hydrogens (tertiary/aromatic N) is 1. The molecule has 2 nitrogen and oxygen atoms in total. The maximum Gasteiger partial charge on any atom is 0.0167 e. The lowest BCUT2D eigenvalue weighted by Crippen LogP contribution is -2.49. The zero-order chi connectivity index (χ0) is 11.2. The van der Waals surface area contributed by atoms with E-state index in [1.54, 1.807) is 0 Å². The van der Waals surface area contributed by atoms with Gasteiger partial charge in [0.2, 0.25) is 0 Å². The molecular formula is C14H22Cl2N2. The molecule has 102 valence electrons. The molecule has 0 aliphatic carbocycles. The van der Waals surface area contributed by atoms with Gasteiger partial charge in [0, 0.05) is 32.2 Å². The van der Waals surface area contributed by atoms with E-state index in [1.807, 2.05) is 0 Å². The highest BCUT2D eigenvalue weighted by Gasteiger charge is 2.13. The van der Waals surface area contributed by atoms with Crippen LogP contribution in [0.15, 0.2) is 36.4 Å². The molecule has 0 radical (unpaired) electrons. The number of hydrogen-bond donors (Lipinski definition) is 1. The van der Waals surface area contributed by atoms with Crippen molar-refractivity contribution in [3.63, 3.8) is 0 Å². The van der Waals surface area contributed by atoms with E-state index in [4.69, 9.17) is 0 Å². The van der Waals surface area contributed by atoms with Crippen LogP contribution in [0, 0.1) is 0 Å². The summed E-state index contributed by atoms with van der Waals surface area (Å²) >= 11 is 0. The number of rotatable bonds is 3. The van der Waals surface area contributed by atoms with E-state index in [9.17, 15) is 0 Å². The molecule has 1 N–H and O–H groups in total. The highest BCUT2D eigenvalue weighted by atomic mass is 35.5. The van der Waals surface area contributed by atoms with Crippen molar-refractivity contribution in [1.29, 1.82) is 0 Å². The van der Waals surface area contributed by atoms with Crippen LogP contribution in [-0.2, 0) is 0 Å². The first-order valence-electron chi connectivity index (χ1n) is 6.02. The van der Waals surface area contributed by atoms with E-state index in [0.29, 0.717) is 6.04 Å². The van der Waals surface area contributed by atoms with Gasteiger partial charge >= 0.3 is 0 Å². The third-order valence-electron chi connectivity index (χ3n) is 2.93. The predicted octanol–water partition coefficient (Wildman–Crippen LogP) is 2.84. The summed E-state index contributed by atoms with van der Waals surface area (Å²) in [6, 6.07) is 11.1. The summed E-state index contributed by atoms with van der Waals surface area (Å²) in [5, 5.41) is 3.45. The van der Waals surface area contributed by atoms with Crippen LogP contribution in [0.2, 0.25) is 0 Å². The second kappa shape index (κ2) is 9.40. The number of halogens is 2. The molecule has 0 bridgehead atoms. The van der Waals surface area contributed by atoms with Crippen molar-refractivity contribution < 1.29 is 0 Å². The van der Waals surface area contributed by atoms with E-state index < -0.39 is 0 Å². The summed E-state index contributed by atoms with van der Waals surface area (Å²) in [6.07, 6.45) is 4.46. The van der Waals surface area contributed by atoms with Crippen molar-refractivity contribution in [3.8, 4) is 0 Å². The van der Waals surface area contributed by atoms with Gasteiger partial charge in [-0.2, -0.15) is 0 Å². The molecular weight excluding hydrogens is 267 g/mol. The lowest BCUT2D eigenvalue weighted by Gasteiger charge is -2.30. The molecule has 0 saturated carbocycles. The molecule has 1 fully saturated rings. The van der Waals surface area contributed by atoms with Crippen LogP contribution in [0.4, 0.5) is 0 Å². The van der Waals surface area contributed by atoms with Crippen LogP contribution >= 0.6 is 24.8 Å². The molecule has 0 spiro atoms. The SMILES string of the molecule is CC1CN(C/C=C/c2ccccc2)CCN1.Cl.Cl. The largest absolute Gasteiger partial charge is 0.312 e. The van der Waals surface area contributed by atoms with Gasteiger partial charge in [0.1, 0.15) is 0 Å². The van der Waals surface area contributed by atoms with Crippen LogP contribution in [0.1, 0.15) is 12.5 Å². The minimum absolute atomic E-state index is 0. The summed E-state index contributed by atoms with van der Waals surface area (Å²) in [6.45, 7) is 6.72. The maximum atomic E-state index is 3.45. The fourth-order valence-electron chi connectivity index (χ4n) is 2.08. The van der Waals surface area contributed by atoms with Crippen LogP contribution in [-0.4, -0.2) is 37.1 Å². The molecule has 1 aliphatic rings. The van der Waals surface area contributed by atoms with Gasteiger partial charge in [-0.3, -0.25) is 4.90 Å². The third kappa shape index (κ3) is 5.87. The molecule has 1 aromatic rings. The molecule has 2 rings (SSSR count). The topological polar surface area (TPSA) is 15.3 Å². The van der Waals surface area contributed by atoms with E-state index in [2.05, 4.69) is 59.6 Å². The first-order chi connectivity index (χ1) is 7.84. The molecule has 4 heteroatoms. The Labute approximate surface area is 122 Å². The average Bonchev–Trinajstić information content (AvgIpc) is 2.30. The van der Waals surface area contributed by atoms with Crippen LogP contribution in [0.3, 0.4) is 0 Å². The van der Waals surface area contributed by atoms with Gasteiger partial charge in [-0.1, -0.05) is 42.5 Å². The van der Waals surface area contributed by atoms with E-state index >= 15 is 0 Å². The maximum absolute atomic E-state index is 3.45. The zero-order valence-corrected chi connectivity index (χ0v) is 12.3. The van der Waals surface area contributed by atoms with Crippen molar-refractivity contribution in [2.75, 3.05) is 26.2 Å². The van der Waals surface area contributed by atoms with Crippen LogP contribution < -0.4 is 5.32 Å². The summed E-state index contributed by atoms with van der Waals surface area (Å²) in [7, 11) is 0. The minimum Gasteiger partial charge on any atom is -0.312 e. The predicted molar refractivity (Wildman–Crippen MR) is 83.9 cm³/mol. The number of piperazine rings is 1. The number of hydrogen-bond acceptors (Lipinski definition) is 2. The molecule has 0 amide bonds. The van der Waals surface area contributed by atoms with Crippen molar-refractivity contribution >= 4 is 30.9 Å². The molecule has 1 heterocycles. The average molecular weight is 289 g/mol. The normalized spacial score (nSPS) is 20.2. The monoisotopic (exact) mass is 288 g/mol. The molecule has 0 aromatic heterocycles. The molecule has 1 unspecified atom stereocenters. The van der Waals surface area contributed by atoms with E-state index in [0.717, 1.165) is 26.2 Å². The van der Waals surface area contributed by atoms with Crippen LogP contribution in [0.25, 0.3) is 6.08 Å². The Kier molecular flexibility index (Phi) is 9.12. The van der Waals surface area contributed by atoms with Crippen LogP contribution in [0.5, 0.6) is 0 Å². The van der Waals surface area contributed by atoms with Gasteiger partial charge in [-0.05, 0) is 12.5 Å². The fraction of sp³-hybridized carbons (Fsp3) is 0.429. The number of benzene rings is 1. The second-order valence-corrected chi connectivity index (χ2v) is 4.43. The van der Waals surface area contributed by atoms with Gasteiger partial charge < -0.3 is 5.32 Å². The van der Waals surface area contributed by atoms with E-state index in [1.165, 1.54) is 5.56 Å². The fourth-order valence-corrected chi connectivity index (χ4v) is 2.08. The first kappa shape index (κ1) is 17.5. The minimum atomic E-state index is 0. The Bertz CT molecular complexity index is 341. The third-order valence-corrected chi connectivity index (χ3v) is 2.93. The Hall–Kier alpha value is -0.540. The van der Waals surface area contributed by atoms with E-state index in [-0.39, 0.29) is 24.8 Å². The highest BCUT2D eigenvalue weighted by Crippen LogP contribution is 2.03. The lowest BCUT2D eigenvalue weighted by molar-refractivity contribution is 0.227. The Morgan fingerprint density at radius 1 is 1.28 bits per heavy atom. The lowest BCUT2D eigenvalue weighted by atomic mass is 10.2. The summed E-state index contributed by atoms with van der Waals surface area (Å²) < 4.78 is 0. The van der Waals surface area contributed by atoms with Gasteiger partial charge in [0.25, 0.3) is 0 Å². The highest BCUT2D eigenvalue weighted by molar-refractivity contribution is 5.85. The van der Waals surface area contributed by atoms with Gasteiger partial charge in [-0.15, -0.1) is 24.8 Å². The first-order valence-corrected chi connectivity index (χ1v) is 6.02. The zero-order valence-electron chi connectivity index (χ0n) is 10.7. The van der Waals surface area contributed by atoms with Gasteiger partial charge in [0.15, 0.2) is 0 Å². The number of nitrogens with one attached hydrogen (secondary N) is 1. The van der Waals surface area contributed by atoms with Crippen molar-refractivity contribution in [1.82, 2.24) is 10.2 Å². The van der Waals surface area contributed by atoms with Crippen molar-refractivity contribution in [2.45, 2.75) is 13.0 Å². The molecule has 1 aromatic carbocycles. The smallest absolute Gasteiger partial charge is 0.0167 e. The standard InChI is InChI=1S/C14H20N2.2ClH/c1-13-12-16(11-9-15-13)10-5-8-14-6-3-2-4-7-14;;/h2-8,13,15H,9-12H2,1H3;2*1H/b8-5+;;. The summed E-state index contributed by atoms with van der Waals surface area (Å²) in [4.78, 5) is 2.49. The molecule has 18 heavy (non-hydrogen) atoms. The molecule has 1 saturated heterocycles. The van der Waals surface area contributed by atoms with Crippen molar-refractivity contribution in [3.05, 3.63) is 42.0 Å². The Morgan fingerprint density at radius 3 is 2.67 bits per heavy atom. The second-order valence-electron chi connectivity index (χ2n) is 4.43. The van der Waals surface area contributed by atoms with Crippen molar-refractivity contribution in [2.24, 2.45) is 0 Å². The Morgan fingerprint density at radius 2 is 2.00 bits per heavy atom. The quantitative estimate of drug-likeness (QED) is 0.920. The summed E-state index contributed by atoms with van der Waals surface area (Å²) in [5.74, 6) is 0.